The minimum Gasteiger partial charge on any atom is -0.348 e. The summed E-state index contributed by atoms with van der Waals surface area (Å²) in [6, 6.07) is 9.64. The van der Waals surface area contributed by atoms with E-state index in [-0.39, 0.29) is 28.4 Å². The molecule has 2 aromatic carbocycles. The quantitative estimate of drug-likeness (QED) is 0.695. The van der Waals surface area contributed by atoms with Crippen molar-refractivity contribution in [2.24, 2.45) is 0 Å². The lowest BCUT2D eigenvalue weighted by Crippen LogP contribution is -2.23. The molecule has 0 atom stereocenters. The first-order valence-electron chi connectivity index (χ1n) is 5.94. The van der Waals surface area contributed by atoms with Crippen LogP contribution in [0.2, 0.25) is 5.02 Å². The van der Waals surface area contributed by atoms with Gasteiger partial charge in [-0.1, -0.05) is 23.7 Å². The van der Waals surface area contributed by atoms with Gasteiger partial charge in [0.15, 0.2) is 0 Å². The lowest BCUT2D eigenvalue weighted by molar-refractivity contribution is -0.384. The number of rotatable bonds is 4. The lowest BCUT2D eigenvalue weighted by atomic mass is 10.1. The van der Waals surface area contributed by atoms with E-state index in [9.17, 15) is 19.3 Å². The third-order valence-corrected chi connectivity index (χ3v) is 3.10. The largest absolute Gasteiger partial charge is 0.348 e. The molecule has 0 spiro atoms. The SMILES string of the molecule is O=C(NCc1cccc(Cl)c1F)c1ccc([N+](=O)[O-])cc1. The van der Waals surface area contributed by atoms with Gasteiger partial charge in [0.1, 0.15) is 5.82 Å². The van der Waals surface area contributed by atoms with Crippen molar-refractivity contribution in [3.63, 3.8) is 0 Å². The Hall–Kier alpha value is -2.47. The molecule has 0 unspecified atom stereocenters. The van der Waals surface area contributed by atoms with Crippen LogP contribution in [0.1, 0.15) is 15.9 Å². The normalized spacial score (nSPS) is 10.2. The van der Waals surface area contributed by atoms with E-state index in [1.807, 2.05) is 0 Å². The molecule has 5 nitrogen and oxygen atoms in total. The highest BCUT2D eigenvalue weighted by Gasteiger charge is 2.11. The smallest absolute Gasteiger partial charge is 0.269 e. The predicted molar refractivity (Wildman–Crippen MR) is 75.7 cm³/mol. The minimum absolute atomic E-state index is 0.0166. The summed E-state index contributed by atoms with van der Waals surface area (Å²) >= 11 is 5.64. The zero-order valence-corrected chi connectivity index (χ0v) is 11.4. The number of nitro groups is 1. The molecule has 0 aliphatic heterocycles. The topological polar surface area (TPSA) is 72.2 Å². The Morgan fingerprint density at radius 3 is 2.52 bits per heavy atom. The second kappa shape index (κ2) is 6.32. The molecule has 2 rings (SSSR count). The number of halogens is 2. The molecule has 0 aliphatic rings. The van der Waals surface area contributed by atoms with E-state index >= 15 is 0 Å². The first-order chi connectivity index (χ1) is 9.99. The van der Waals surface area contributed by atoms with Gasteiger partial charge in [-0.25, -0.2) is 4.39 Å². The van der Waals surface area contributed by atoms with Crippen LogP contribution in [-0.4, -0.2) is 10.8 Å². The van der Waals surface area contributed by atoms with Gasteiger partial charge < -0.3 is 5.32 Å². The van der Waals surface area contributed by atoms with Crippen molar-refractivity contribution in [2.75, 3.05) is 0 Å². The van der Waals surface area contributed by atoms with Crippen LogP contribution in [0.3, 0.4) is 0 Å². The van der Waals surface area contributed by atoms with E-state index in [4.69, 9.17) is 11.6 Å². The maximum absolute atomic E-state index is 13.6. The molecule has 0 heterocycles. The number of nitrogens with zero attached hydrogens (tertiary/aromatic N) is 1. The zero-order valence-electron chi connectivity index (χ0n) is 10.7. The maximum Gasteiger partial charge on any atom is 0.269 e. The van der Waals surface area contributed by atoms with E-state index in [1.165, 1.54) is 36.4 Å². The molecule has 0 bridgehead atoms. The van der Waals surface area contributed by atoms with Crippen LogP contribution in [-0.2, 0) is 6.54 Å². The molecule has 1 N–H and O–H groups in total. The molecule has 1 amide bonds. The summed E-state index contributed by atoms with van der Waals surface area (Å²) < 4.78 is 13.6. The fourth-order valence-corrected chi connectivity index (χ4v) is 1.89. The van der Waals surface area contributed by atoms with Gasteiger partial charge >= 0.3 is 0 Å². The van der Waals surface area contributed by atoms with Gasteiger partial charge in [-0.05, 0) is 18.2 Å². The van der Waals surface area contributed by atoms with E-state index in [0.29, 0.717) is 0 Å². The van der Waals surface area contributed by atoms with Gasteiger partial charge in [-0.15, -0.1) is 0 Å². The Balaban J connectivity index is 2.04. The number of carbonyl (C=O) groups excluding carboxylic acids is 1. The number of benzene rings is 2. The van der Waals surface area contributed by atoms with Crippen molar-refractivity contribution in [1.82, 2.24) is 5.32 Å². The Morgan fingerprint density at radius 2 is 1.90 bits per heavy atom. The Morgan fingerprint density at radius 1 is 1.24 bits per heavy atom. The number of hydrogen-bond donors (Lipinski definition) is 1. The van der Waals surface area contributed by atoms with Crippen molar-refractivity contribution in [1.29, 1.82) is 0 Å². The molecule has 2 aromatic rings. The Bertz CT molecular complexity index is 689. The number of amides is 1. The molecule has 7 heteroatoms. The highest BCUT2D eigenvalue weighted by Crippen LogP contribution is 2.18. The van der Waals surface area contributed by atoms with E-state index < -0.39 is 16.6 Å². The van der Waals surface area contributed by atoms with Crippen LogP contribution in [0.4, 0.5) is 10.1 Å². The highest BCUT2D eigenvalue weighted by molar-refractivity contribution is 6.30. The fourth-order valence-electron chi connectivity index (χ4n) is 1.70. The van der Waals surface area contributed by atoms with Gasteiger partial charge in [0.2, 0.25) is 0 Å². The molecule has 0 saturated carbocycles. The van der Waals surface area contributed by atoms with Crippen LogP contribution in [0.25, 0.3) is 0 Å². The number of nitro benzene ring substituents is 1. The van der Waals surface area contributed by atoms with Crippen molar-refractivity contribution in [2.45, 2.75) is 6.54 Å². The van der Waals surface area contributed by atoms with Crippen LogP contribution >= 0.6 is 11.6 Å². The lowest BCUT2D eigenvalue weighted by Gasteiger charge is -2.07. The third kappa shape index (κ3) is 3.55. The summed E-state index contributed by atoms with van der Waals surface area (Å²) in [7, 11) is 0. The molecule has 0 radical (unpaired) electrons. The van der Waals surface area contributed by atoms with Crippen molar-refractivity contribution >= 4 is 23.2 Å². The monoisotopic (exact) mass is 308 g/mol. The number of nitrogens with one attached hydrogen (secondary N) is 1. The van der Waals surface area contributed by atoms with Gasteiger partial charge in [0.25, 0.3) is 11.6 Å². The first-order valence-corrected chi connectivity index (χ1v) is 6.32. The number of hydrogen-bond acceptors (Lipinski definition) is 3. The zero-order chi connectivity index (χ0) is 15.4. The van der Waals surface area contributed by atoms with Crippen LogP contribution < -0.4 is 5.32 Å². The molecule has 108 valence electrons. The molecule has 21 heavy (non-hydrogen) atoms. The van der Waals surface area contributed by atoms with Crippen LogP contribution in [0.5, 0.6) is 0 Å². The van der Waals surface area contributed by atoms with Crippen molar-refractivity contribution in [3.8, 4) is 0 Å². The molecule has 0 saturated heterocycles. The highest BCUT2D eigenvalue weighted by atomic mass is 35.5. The summed E-state index contributed by atoms with van der Waals surface area (Å²) in [4.78, 5) is 21.8. The van der Waals surface area contributed by atoms with E-state index in [2.05, 4.69) is 5.32 Å². The molecular weight excluding hydrogens is 299 g/mol. The molecular formula is C14H10ClFN2O3. The summed E-state index contributed by atoms with van der Waals surface area (Å²) in [6.07, 6.45) is 0. The fraction of sp³-hybridized carbons (Fsp3) is 0.0714. The van der Waals surface area contributed by atoms with Gasteiger partial charge in [0, 0.05) is 29.8 Å². The first kappa shape index (κ1) is 14.9. The summed E-state index contributed by atoms with van der Waals surface area (Å²) in [5, 5.41) is 13.0. The second-order valence-corrected chi connectivity index (χ2v) is 4.61. The molecule has 0 fully saturated rings. The standard InChI is InChI=1S/C14H10ClFN2O3/c15-12-3-1-2-10(13(12)16)8-17-14(19)9-4-6-11(7-5-9)18(20)21/h1-7H,8H2,(H,17,19). The van der Waals surface area contributed by atoms with E-state index in [0.717, 1.165) is 0 Å². The Kier molecular flexibility index (Phi) is 4.49. The summed E-state index contributed by atoms with van der Waals surface area (Å²) in [5.74, 6) is -1.03. The number of carbonyl (C=O) groups is 1. The maximum atomic E-state index is 13.6. The predicted octanol–water partition coefficient (Wildman–Crippen LogP) is 3.32. The van der Waals surface area contributed by atoms with Gasteiger partial charge in [0.05, 0.1) is 9.95 Å². The second-order valence-electron chi connectivity index (χ2n) is 4.20. The van der Waals surface area contributed by atoms with Crippen molar-refractivity contribution in [3.05, 3.63) is 74.5 Å². The van der Waals surface area contributed by atoms with Crippen LogP contribution in [0.15, 0.2) is 42.5 Å². The summed E-state index contributed by atoms with van der Waals surface area (Å²) in [6.45, 7) is -0.0256. The average molecular weight is 309 g/mol. The van der Waals surface area contributed by atoms with Crippen LogP contribution in [0, 0.1) is 15.9 Å². The third-order valence-electron chi connectivity index (χ3n) is 2.81. The summed E-state index contributed by atoms with van der Waals surface area (Å²) in [5.41, 5.74) is 0.410. The van der Waals surface area contributed by atoms with E-state index in [1.54, 1.807) is 6.07 Å². The van der Waals surface area contributed by atoms with Gasteiger partial charge in [-0.2, -0.15) is 0 Å². The Labute approximate surface area is 124 Å². The minimum atomic E-state index is -0.580. The molecule has 0 aliphatic carbocycles. The van der Waals surface area contributed by atoms with Crippen molar-refractivity contribution < 1.29 is 14.1 Å². The number of non-ortho nitro benzene ring substituents is 1. The average Bonchev–Trinajstić information content (AvgIpc) is 2.48. The molecule has 0 aromatic heterocycles. The van der Waals surface area contributed by atoms with Gasteiger partial charge in [-0.3, -0.25) is 14.9 Å².